The Balaban J connectivity index is 0.00000124. The van der Waals surface area contributed by atoms with E-state index in [2.05, 4.69) is 42.6 Å². The highest BCUT2D eigenvalue weighted by molar-refractivity contribution is 5.87. The van der Waals surface area contributed by atoms with Gasteiger partial charge in [-0.1, -0.05) is 6.08 Å². The van der Waals surface area contributed by atoms with Crippen molar-refractivity contribution in [1.29, 1.82) is 5.53 Å². The summed E-state index contributed by atoms with van der Waals surface area (Å²) in [7, 11) is 3.74. The third-order valence-electron chi connectivity index (χ3n) is 6.67. The van der Waals surface area contributed by atoms with E-state index in [0.717, 1.165) is 36.2 Å². The molecule has 41 heavy (non-hydrogen) atoms. The molecule has 0 spiro atoms. The number of nitrogens with zero attached hydrogens (tertiary/aromatic N) is 6. The number of hydrogen-bond acceptors (Lipinski definition) is 11. The quantitative estimate of drug-likeness (QED) is 0.107. The lowest BCUT2D eigenvalue weighted by Gasteiger charge is -2.40. The summed E-state index contributed by atoms with van der Waals surface area (Å²) in [4.78, 5) is 30.7. The number of carbonyl (C=O) groups excluding carboxylic acids is 1. The molecule has 1 aliphatic carbocycles. The fourth-order valence-corrected chi connectivity index (χ4v) is 4.39. The van der Waals surface area contributed by atoms with E-state index >= 15 is 0 Å². The van der Waals surface area contributed by atoms with Crippen LogP contribution in [0.4, 0.5) is 28.8 Å². The van der Waals surface area contributed by atoms with Crippen molar-refractivity contribution < 1.29 is 9.53 Å². The average Bonchev–Trinajstić information content (AvgIpc) is 2.96. The molecule has 2 aromatic heterocycles. The smallest absolute Gasteiger partial charge is 0.226 e. The highest BCUT2D eigenvalue weighted by Crippen LogP contribution is 2.34. The Labute approximate surface area is 238 Å². The predicted molar refractivity (Wildman–Crippen MR) is 161 cm³/mol. The molecular weight excluding hydrogens is 520 g/mol. The van der Waals surface area contributed by atoms with Gasteiger partial charge in [0.15, 0.2) is 5.82 Å². The van der Waals surface area contributed by atoms with Gasteiger partial charge in [0.2, 0.25) is 12.4 Å². The summed E-state index contributed by atoms with van der Waals surface area (Å²) in [6.07, 6.45) is 7.36. The molecule has 212 valence electrons. The van der Waals surface area contributed by atoms with Crippen LogP contribution in [0.5, 0.6) is 11.5 Å². The summed E-state index contributed by atoms with van der Waals surface area (Å²) in [6.45, 7) is 7.21. The Bertz CT molecular complexity index is 1540. The van der Waals surface area contributed by atoms with Gasteiger partial charge in [0, 0.05) is 37.9 Å². The number of aromatic nitrogens is 4. The number of ether oxygens (including phenoxy) is 1. The van der Waals surface area contributed by atoms with Crippen molar-refractivity contribution in [3.8, 4) is 11.5 Å². The van der Waals surface area contributed by atoms with Crippen LogP contribution in [0.3, 0.4) is 0 Å². The van der Waals surface area contributed by atoms with Gasteiger partial charge in [0.1, 0.15) is 34.5 Å². The topological polar surface area (TPSA) is 153 Å². The van der Waals surface area contributed by atoms with Crippen LogP contribution in [-0.2, 0) is 4.79 Å². The standard InChI is InChI=1S/C26H28N10O2.C3H6/c1-15-8-16(4-7-23(15)38-19-5-6-20(28-2)21(11-19)35-27)33-25-24-22(30-13-31-25)12-29-26(34-24)36(3)18-9-17(10-18)32-14-37;1-3-2/h4-8,11-14,17-18,27-28H,9-10H2,1-3H3,(H,32,37)(H,30,31,33);3H,1H2,2H3. The third kappa shape index (κ3) is 6.72. The van der Waals surface area contributed by atoms with Gasteiger partial charge in [-0.3, -0.25) is 4.79 Å². The van der Waals surface area contributed by atoms with E-state index in [1.165, 1.54) is 6.33 Å². The minimum atomic E-state index is 0.193. The zero-order valence-electron chi connectivity index (χ0n) is 23.5. The largest absolute Gasteiger partial charge is 0.457 e. The Morgan fingerprint density at radius 1 is 1.17 bits per heavy atom. The first-order chi connectivity index (χ1) is 19.9. The Morgan fingerprint density at radius 2 is 1.95 bits per heavy atom. The number of allylic oxidation sites excluding steroid dienone is 1. The lowest BCUT2D eigenvalue weighted by Crippen LogP contribution is -2.51. The first-order valence-corrected chi connectivity index (χ1v) is 13.1. The number of nitrogens with one attached hydrogen (secondary N) is 4. The zero-order valence-corrected chi connectivity index (χ0v) is 23.5. The fourth-order valence-electron chi connectivity index (χ4n) is 4.39. The van der Waals surface area contributed by atoms with Crippen molar-refractivity contribution in [3.63, 3.8) is 0 Å². The van der Waals surface area contributed by atoms with Gasteiger partial charge >= 0.3 is 0 Å². The monoisotopic (exact) mass is 554 g/mol. The number of benzene rings is 2. The summed E-state index contributed by atoms with van der Waals surface area (Å²) in [5.74, 6) is 2.42. The molecule has 0 radical (unpaired) electrons. The SMILES string of the molecule is C=CC.CNc1ccc(Oc2ccc(Nc3ncnc4cnc(N(C)C5CC(NC=O)C5)nc34)cc2C)cc1N=N. The summed E-state index contributed by atoms with van der Waals surface area (Å²) in [5.41, 5.74) is 11.6. The maximum Gasteiger partial charge on any atom is 0.226 e. The van der Waals surface area contributed by atoms with Crippen LogP contribution in [0.15, 0.2) is 66.7 Å². The zero-order chi connectivity index (χ0) is 29.4. The van der Waals surface area contributed by atoms with Gasteiger partial charge in [-0.05, 0) is 62.6 Å². The van der Waals surface area contributed by atoms with Gasteiger partial charge in [-0.2, -0.15) is 5.11 Å². The molecule has 0 aliphatic heterocycles. The van der Waals surface area contributed by atoms with Crippen molar-refractivity contribution in [2.45, 2.75) is 38.8 Å². The van der Waals surface area contributed by atoms with Gasteiger partial charge < -0.3 is 25.6 Å². The molecule has 0 unspecified atom stereocenters. The van der Waals surface area contributed by atoms with Crippen molar-refractivity contribution in [2.24, 2.45) is 5.11 Å². The molecule has 0 bridgehead atoms. The molecule has 2 heterocycles. The van der Waals surface area contributed by atoms with Crippen molar-refractivity contribution in [2.75, 3.05) is 29.6 Å². The second-order valence-corrected chi connectivity index (χ2v) is 9.50. The number of carbonyl (C=O) groups is 1. The lowest BCUT2D eigenvalue weighted by molar-refractivity contribution is -0.110. The Kier molecular flexibility index (Phi) is 9.35. The first-order valence-electron chi connectivity index (χ1n) is 13.1. The summed E-state index contributed by atoms with van der Waals surface area (Å²) >= 11 is 0. The van der Waals surface area contributed by atoms with E-state index in [-0.39, 0.29) is 12.1 Å². The molecule has 1 saturated carbocycles. The molecule has 1 aliphatic rings. The maximum atomic E-state index is 10.7. The van der Waals surface area contributed by atoms with Crippen LogP contribution in [0.25, 0.3) is 11.0 Å². The van der Waals surface area contributed by atoms with Gasteiger partial charge in [-0.15, -0.1) is 6.58 Å². The van der Waals surface area contributed by atoms with Crippen LogP contribution in [-0.4, -0.2) is 52.5 Å². The molecule has 0 saturated heterocycles. The van der Waals surface area contributed by atoms with Crippen LogP contribution >= 0.6 is 0 Å². The van der Waals surface area contributed by atoms with E-state index in [4.69, 9.17) is 15.3 Å². The highest BCUT2D eigenvalue weighted by atomic mass is 16.5. The van der Waals surface area contributed by atoms with Crippen LogP contribution in [0.2, 0.25) is 0 Å². The first kappa shape index (κ1) is 28.9. The molecule has 1 fully saturated rings. The predicted octanol–water partition coefficient (Wildman–Crippen LogP) is 5.87. The summed E-state index contributed by atoms with van der Waals surface area (Å²) < 4.78 is 6.06. The number of fused-ring (bicyclic) bond motifs is 1. The minimum absolute atomic E-state index is 0.193. The van der Waals surface area contributed by atoms with Crippen LogP contribution in [0, 0.1) is 12.5 Å². The molecular formula is C29H34N10O2. The average molecular weight is 555 g/mol. The Morgan fingerprint density at radius 3 is 2.63 bits per heavy atom. The van der Waals surface area contributed by atoms with E-state index in [1.807, 2.05) is 56.1 Å². The van der Waals surface area contributed by atoms with E-state index < -0.39 is 0 Å². The normalized spacial score (nSPS) is 15.4. The Hall–Kier alpha value is -5.13. The van der Waals surface area contributed by atoms with E-state index in [1.54, 1.807) is 25.4 Å². The molecule has 12 nitrogen and oxygen atoms in total. The second kappa shape index (κ2) is 13.3. The minimum Gasteiger partial charge on any atom is -0.457 e. The van der Waals surface area contributed by atoms with E-state index in [9.17, 15) is 4.79 Å². The number of hydrogen-bond donors (Lipinski definition) is 4. The maximum absolute atomic E-state index is 10.7. The summed E-state index contributed by atoms with van der Waals surface area (Å²) in [5, 5.41) is 12.7. The molecule has 4 N–H and O–H groups in total. The number of amides is 1. The molecule has 0 atom stereocenters. The number of rotatable bonds is 10. The fraction of sp³-hybridized carbons (Fsp3) is 0.276. The lowest BCUT2D eigenvalue weighted by atomic mass is 9.86. The van der Waals surface area contributed by atoms with Crippen molar-refractivity contribution >= 4 is 46.3 Å². The molecule has 12 heteroatoms. The molecule has 5 rings (SSSR count). The third-order valence-corrected chi connectivity index (χ3v) is 6.67. The van der Waals surface area contributed by atoms with Gasteiger partial charge in [0.05, 0.1) is 11.9 Å². The van der Waals surface area contributed by atoms with E-state index in [0.29, 0.717) is 40.0 Å². The number of aryl methyl sites for hydroxylation is 1. The molecule has 2 aromatic carbocycles. The molecule has 1 amide bonds. The summed E-state index contributed by atoms with van der Waals surface area (Å²) in [6, 6.07) is 11.6. The van der Waals surface area contributed by atoms with Crippen molar-refractivity contribution in [3.05, 3.63) is 67.1 Å². The number of anilines is 4. The second-order valence-electron chi connectivity index (χ2n) is 9.50. The van der Waals surface area contributed by atoms with Gasteiger partial charge in [-0.25, -0.2) is 25.5 Å². The highest BCUT2D eigenvalue weighted by Gasteiger charge is 2.33. The van der Waals surface area contributed by atoms with Crippen molar-refractivity contribution in [1.82, 2.24) is 25.3 Å². The van der Waals surface area contributed by atoms with Gasteiger partial charge in [0.25, 0.3) is 0 Å². The molecule has 4 aromatic rings. The van der Waals surface area contributed by atoms with Crippen LogP contribution < -0.4 is 25.6 Å². The van der Waals surface area contributed by atoms with Crippen LogP contribution in [0.1, 0.15) is 25.3 Å².